The van der Waals surface area contributed by atoms with Crippen LogP contribution in [0.1, 0.15) is 24.0 Å². The Labute approximate surface area is 125 Å². The average molecular weight is 283 g/mol. The van der Waals surface area contributed by atoms with Gasteiger partial charge >= 0.3 is 5.97 Å². The van der Waals surface area contributed by atoms with Gasteiger partial charge in [-0.25, -0.2) is 0 Å². The summed E-state index contributed by atoms with van der Waals surface area (Å²) in [5, 5.41) is 11.9. The lowest BCUT2D eigenvalue weighted by molar-refractivity contribution is -0.137. The van der Waals surface area contributed by atoms with E-state index in [0.29, 0.717) is 13.0 Å². The molecule has 0 radical (unpaired) electrons. The van der Waals surface area contributed by atoms with E-state index < -0.39 is 5.97 Å². The van der Waals surface area contributed by atoms with Crippen LogP contribution in [0, 0.1) is 6.92 Å². The van der Waals surface area contributed by atoms with Crippen molar-refractivity contribution >= 4 is 5.97 Å². The van der Waals surface area contributed by atoms with Crippen LogP contribution in [0.5, 0.6) is 0 Å². The number of rotatable bonds is 7. The largest absolute Gasteiger partial charge is 0.481 e. The summed E-state index contributed by atoms with van der Waals surface area (Å²) in [6.45, 7) is 3.59. The molecule has 0 atom stereocenters. The van der Waals surface area contributed by atoms with Crippen LogP contribution < -0.4 is 5.32 Å². The molecule has 0 saturated carbocycles. The molecule has 0 bridgehead atoms. The number of aryl methyl sites for hydroxylation is 1. The summed E-state index contributed by atoms with van der Waals surface area (Å²) >= 11 is 0. The van der Waals surface area contributed by atoms with Crippen LogP contribution in [-0.4, -0.2) is 17.6 Å². The van der Waals surface area contributed by atoms with Crippen molar-refractivity contribution in [2.75, 3.05) is 6.54 Å². The van der Waals surface area contributed by atoms with Crippen LogP contribution in [0.4, 0.5) is 0 Å². The fourth-order valence-corrected chi connectivity index (χ4v) is 2.40. The van der Waals surface area contributed by atoms with E-state index in [1.807, 2.05) is 12.1 Å². The van der Waals surface area contributed by atoms with Crippen molar-refractivity contribution in [3.8, 4) is 11.1 Å². The van der Waals surface area contributed by atoms with E-state index in [2.05, 4.69) is 48.6 Å². The number of carboxylic acids is 1. The Kier molecular flexibility index (Phi) is 5.52. The molecule has 110 valence electrons. The van der Waals surface area contributed by atoms with Gasteiger partial charge in [0.25, 0.3) is 0 Å². The van der Waals surface area contributed by atoms with Crippen molar-refractivity contribution in [2.45, 2.75) is 26.3 Å². The van der Waals surface area contributed by atoms with Crippen molar-refractivity contribution in [1.29, 1.82) is 0 Å². The van der Waals surface area contributed by atoms with Crippen LogP contribution in [0.25, 0.3) is 11.1 Å². The molecular formula is C18H21NO2. The van der Waals surface area contributed by atoms with Gasteiger partial charge < -0.3 is 10.4 Å². The quantitative estimate of drug-likeness (QED) is 0.763. The fraction of sp³-hybridized carbons (Fsp3) is 0.278. The number of benzene rings is 2. The molecule has 0 unspecified atom stereocenters. The molecule has 0 amide bonds. The van der Waals surface area contributed by atoms with Gasteiger partial charge in [0.1, 0.15) is 0 Å². The highest BCUT2D eigenvalue weighted by molar-refractivity contribution is 5.70. The van der Waals surface area contributed by atoms with E-state index >= 15 is 0 Å². The highest BCUT2D eigenvalue weighted by Crippen LogP contribution is 2.26. The van der Waals surface area contributed by atoms with Crippen LogP contribution in [0.2, 0.25) is 0 Å². The lowest BCUT2D eigenvalue weighted by Crippen LogP contribution is -2.16. The molecular weight excluding hydrogens is 262 g/mol. The molecule has 2 rings (SSSR count). The second-order valence-electron chi connectivity index (χ2n) is 5.15. The maximum absolute atomic E-state index is 10.5. The standard InChI is InChI=1S/C18H21NO2/c1-14-7-2-4-9-16(14)17-10-5-3-8-15(17)13-19-12-6-11-18(20)21/h2-5,7-10,19H,6,11-13H2,1H3,(H,20,21). The van der Waals surface area contributed by atoms with Crippen molar-refractivity contribution in [3.05, 3.63) is 59.7 Å². The molecule has 0 aliphatic heterocycles. The van der Waals surface area contributed by atoms with Crippen LogP contribution in [0.15, 0.2) is 48.5 Å². The second-order valence-corrected chi connectivity index (χ2v) is 5.15. The Bertz CT molecular complexity index is 608. The van der Waals surface area contributed by atoms with E-state index in [4.69, 9.17) is 5.11 Å². The average Bonchev–Trinajstić information content (AvgIpc) is 2.48. The number of aliphatic carboxylic acids is 1. The molecule has 0 heterocycles. The number of hydrogen-bond acceptors (Lipinski definition) is 2. The summed E-state index contributed by atoms with van der Waals surface area (Å²) in [6.07, 6.45) is 0.869. The Hall–Kier alpha value is -2.13. The molecule has 21 heavy (non-hydrogen) atoms. The number of hydrogen-bond donors (Lipinski definition) is 2. The zero-order valence-corrected chi connectivity index (χ0v) is 12.3. The smallest absolute Gasteiger partial charge is 0.303 e. The van der Waals surface area contributed by atoms with Gasteiger partial charge in [0.05, 0.1) is 0 Å². The predicted molar refractivity (Wildman–Crippen MR) is 85.2 cm³/mol. The van der Waals surface area contributed by atoms with Crippen LogP contribution in [-0.2, 0) is 11.3 Å². The first-order chi connectivity index (χ1) is 10.2. The summed E-state index contributed by atoms with van der Waals surface area (Å²) in [7, 11) is 0. The van der Waals surface area contributed by atoms with Gasteiger partial charge in [-0.3, -0.25) is 4.79 Å². The van der Waals surface area contributed by atoms with Gasteiger partial charge in [0.2, 0.25) is 0 Å². The minimum Gasteiger partial charge on any atom is -0.481 e. The molecule has 2 aromatic carbocycles. The Morgan fingerprint density at radius 3 is 2.43 bits per heavy atom. The third-order valence-corrected chi connectivity index (χ3v) is 3.51. The summed E-state index contributed by atoms with van der Waals surface area (Å²) in [4.78, 5) is 10.5. The van der Waals surface area contributed by atoms with E-state index in [9.17, 15) is 4.79 Å². The lowest BCUT2D eigenvalue weighted by Gasteiger charge is -2.12. The number of carboxylic acid groups (broad SMARTS) is 1. The fourth-order valence-electron chi connectivity index (χ4n) is 2.40. The molecule has 0 aliphatic carbocycles. The van der Waals surface area contributed by atoms with E-state index in [1.165, 1.54) is 22.3 Å². The lowest BCUT2D eigenvalue weighted by atomic mass is 9.96. The van der Waals surface area contributed by atoms with Crippen molar-refractivity contribution < 1.29 is 9.90 Å². The van der Waals surface area contributed by atoms with Crippen LogP contribution >= 0.6 is 0 Å². The summed E-state index contributed by atoms with van der Waals surface area (Å²) in [5.41, 5.74) is 4.99. The molecule has 0 fully saturated rings. The third-order valence-electron chi connectivity index (χ3n) is 3.51. The topological polar surface area (TPSA) is 49.3 Å². The molecule has 3 heteroatoms. The molecule has 0 spiro atoms. The minimum absolute atomic E-state index is 0.215. The zero-order valence-electron chi connectivity index (χ0n) is 12.3. The van der Waals surface area contributed by atoms with Crippen molar-refractivity contribution in [3.63, 3.8) is 0 Å². The summed E-state index contributed by atoms with van der Waals surface area (Å²) in [5.74, 6) is -0.739. The first-order valence-electron chi connectivity index (χ1n) is 7.25. The Morgan fingerprint density at radius 2 is 1.71 bits per heavy atom. The van der Waals surface area contributed by atoms with Crippen molar-refractivity contribution in [1.82, 2.24) is 5.32 Å². The van der Waals surface area contributed by atoms with Crippen LogP contribution in [0.3, 0.4) is 0 Å². The van der Waals surface area contributed by atoms with Gasteiger partial charge in [-0.1, -0.05) is 48.5 Å². The molecule has 3 nitrogen and oxygen atoms in total. The summed E-state index contributed by atoms with van der Waals surface area (Å²) < 4.78 is 0. The number of carbonyl (C=O) groups is 1. The third kappa shape index (κ3) is 4.43. The SMILES string of the molecule is Cc1ccccc1-c1ccccc1CNCCCC(=O)O. The van der Waals surface area contributed by atoms with Gasteiger partial charge in [0, 0.05) is 13.0 Å². The van der Waals surface area contributed by atoms with Gasteiger partial charge in [-0.15, -0.1) is 0 Å². The molecule has 0 aliphatic rings. The summed E-state index contributed by atoms with van der Waals surface area (Å²) in [6, 6.07) is 16.7. The van der Waals surface area contributed by atoms with E-state index in [1.54, 1.807) is 0 Å². The van der Waals surface area contributed by atoms with E-state index in [-0.39, 0.29) is 6.42 Å². The predicted octanol–water partition coefficient (Wildman–Crippen LogP) is 3.62. The molecule has 2 N–H and O–H groups in total. The molecule has 0 aromatic heterocycles. The zero-order chi connectivity index (χ0) is 15.1. The maximum atomic E-state index is 10.5. The van der Waals surface area contributed by atoms with Gasteiger partial charge in [-0.2, -0.15) is 0 Å². The second kappa shape index (κ2) is 7.60. The van der Waals surface area contributed by atoms with Gasteiger partial charge in [0.15, 0.2) is 0 Å². The normalized spacial score (nSPS) is 10.5. The van der Waals surface area contributed by atoms with E-state index in [0.717, 1.165) is 6.54 Å². The minimum atomic E-state index is -0.739. The Balaban J connectivity index is 2.04. The van der Waals surface area contributed by atoms with Gasteiger partial charge in [-0.05, 0) is 42.1 Å². The highest BCUT2D eigenvalue weighted by atomic mass is 16.4. The number of nitrogens with one attached hydrogen (secondary N) is 1. The Morgan fingerprint density at radius 1 is 1.05 bits per heavy atom. The highest BCUT2D eigenvalue weighted by Gasteiger charge is 2.06. The monoisotopic (exact) mass is 283 g/mol. The first-order valence-corrected chi connectivity index (χ1v) is 7.25. The maximum Gasteiger partial charge on any atom is 0.303 e. The first kappa shape index (κ1) is 15.3. The molecule has 0 saturated heterocycles. The van der Waals surface area contributed by atoms with Crippen molar-refractivity contribution in [2.24, 2.45) is 0 Å². The molecule has 2 aromatic rings.